The Kier molecular flexibility index (Phi) is 7.12. The first kappa shape index (κ1) is 24.3. The number of pyridine rings is 1. The van der Waals surface area contributed by atoms with Gasteiger partial charge in [0.1, 0.15) is 11.9 Å². The van der Waals surface area contributed by atoms with E-state index < -0.39 is 12.1 Å². The smallest absolute Gasteiger partial charge is 0.271 e. The highest BCUT2D eigenvalue weighted by Gasteiger charge is 2.25. The number of rotatable bonds is 9. The lowest BCUT2D eigenvalue weighted by Gasteiger charge is -2.18. The number of carbonyl (C=O) groups excluding carboxylic acids is 1. The molecule has 4 aromatic rings. The maximum absolute atomic E-state index is 13.0. The van der Waals surface area contributed by atoms with Crippen molar-refractivity contribution in [1.29, 1.82) is 0 Å². The van der Waals surface area contributed by atoms with Crippen molar-refractivity contribution in [3.63, 3.8) is 0 Å². The van der Waals surface area contributed by atoms with Crippen LogP contribution in [0.2, 0.25) is 0 Å². The molecule has 2 aromatic carbocycles. The Morgan fingerprint density at radius 2 is 1.80 bits per heavy atom. The zero-order chi connectivity index (χ0) is 25.1. The van der Waals surface area contributed by atoms with E-state index in [1.165, 1.54) is 6.92 Å². The summed E-state index contributed by atoms with van der Waals surface area (Å²) in [6.45, 7) is 4.44. The lowest BCUT2D eigenvalue weighted by molar-refractivity contribution is 0.0814. The van der Waals surface area contributed by atoms with Crippen molar-refractivity contribution in [2.75, 3.05) is 21.3 Å². The molecule has 0 aliphatic rings. The molecule has 0 saturated carbocycles. The average molecular weight is 478 g/mol. The standard InChI is InChI=1S/C27H31N3O5/c1-6-7-14-30-21-11-9-8-10-17(21)19-15-20(27(32)28-16(2)31)29-23(24(19)30)18-12-13-22(33-3)26(35-5)25(18)34-4/h8-13,15-16,31H,6-7,14H2,1-5H3,(H,28,32). The topological polar surface area (TPSA) is 94.8 Å². The molecule has 8 heteroatoms. The number of aliphatic hydroxyl groups excluding tert-OH is 1. The number of aliphatic hydroxyl groups is 1. The van der Waals surface area contributed by atoms with Gasteiger partial charge in [0.15, 0.2) is 11.5 Å². The number of benzene rings is 2. The molecule has 4 rings (SSSR count). The number of nitrogens with zero attached hydrogens (tertiary/aromatic N) is 2. The van der Waals surface area contributed by atoms with Crippen LogP contribution in [0.1, 0.15) is 37.2 Å². The number of unbranched alkanes of at least 4 members (excludes halogenated alkanes) is 1. The van der Waals surface area contributed by atoms with Gasteiger partial charge in [-0.15, -0.1) is 0 Å². The van der Waals surface area contributed by atoms with Crippen molar-refractivity contribution >= 4 is 27.7 Å². The average Bonchev–Trinajstić information content (AvgIpc) is 3.19. The lowest BCUT2D eigenvalue weighted by Crippen LogP contribution is -2.32. The number of aryl methyl sites for hydroxylation is 1. The van der Waals surface area contributed by atoms with Gasteiger partial charge in [-0.05, 0) is 37.6 Å². The van der Waals surface area contributed by atoms with E-state index in [1.54, 1.807) is 33.5 Å². The van der Waals surface area contributed by atoms with Crippen molar-refractivity contribution in [1.82, 2.24) is 14.9 Å². The molecule has 2 N–H and O–H groups in total. The Labute approximate surface area is 204 Å². The lowest BCUT2D eigenvalue weighted by atomic mass is 10.0. The van der Waals surface area contributed by atoms with Crippen LogP contribution in [0.4, 0.5) is 0 Å². The van der Waals surface area contributed by atoms with Crippen LogP contribution in [0.3, 0.4) is 0 Å². The van der Waals surface area contributed by atoms with E-state index in [1.807, 2.05) is 24.3 Å². The largest absolute Gasteiger partial charge is 0.493 e. The quantitative estimate of drug-likeness (QED) is 0.338. The zero-order valence-corrected chi connectivity index (χ0v) is 20.7. The number of carbonyl (C=O) groups is 1. The van der Waals surface area contributed by atoms with Crippen LogP contribution in [-0.2, 0) is 6.54 Å². The van der Waals surface area contributed by atoms with E-state index in [2.05, 4.69) is 22.9 Å². The minimum Gasteiger partial charge on any atom is -0.493 e. The summed E-state index contributed by atoms with van der Waals surface area (Å²) in [5, 5.41) is 14.2. The van der Waals surface area contributed by atoms with Gasteiger partial charge in [0.25, 0.3) is 5.91 Å². The van der Waals surface area contributed by atoms with E-state index in [0.29, 0.717) is 28.5 Å². The fourth-order valence-electron chi connectivity index (χ4n) is 4.48. The van der Waals surface area contributed by atoms with Gasteiger partial charge in [-0.3, -0.25) is 4.79 Å². The second-order valence-electron chi connectivity index (χ2n) is 8.31. The molecule has 2 heterocycles. The molecule has 2 aromatic heterocycles. The summed E-state index contributed by atoms with van der Waals surface area (Å²) in [7, 11) is 4.68. The Hall–Kier alpha value is -3.78. The molecule has 0 spiro atoms. The number of nitrogens with one attached hydrogen (secondary N) is 1. The molecule has 0 fully saturated rings. The molecule has 8 nitrogen and oxygen atoms in total. The molecule has 0 aliphatic carbocycles. The summed E-state index contributed by atoms with van der Waals surface area (Å²) in [5.74, 6) is 0.963. The minimum atomic E-state index is -1.01. The van der Waals surface area contributed by atoms with Crippen LogP contribution in [0, 0.1) is 0 Å². The van der Waals surface area contributed by atoms with Gasteiger partial charge in [0.05, 0.1) is 32.5 Å². The Morgan fingerprint density at radius 1 is 1.06 bits per heavy atom. The van der Waals surface area contributed by atoms with Gasteiger partial charge < -0.3 is 29.2 Å². The maximum atomic E-state index is 13.0. The number of methoxy groups -OCH3 is 3. The van der Waals surface area contributed by atoms with Crippen LogP contribution in [0.15, 0.2) is 42.5 Å². The molecule has 184 valence electrons. The molecule has 1 atom stereocenters. The van der Waals surface area contributed by atoms with Gasteiger partial charge in [-0.2, -0.15) is 0 Å². The molecule has 1 amide bonds. The number of fused-ring (bicyclic) bond motifs is 3. The second kappa shape index (κ2) is 10.2. The van der Waals surface area contributed by atoms with Crippen molar-refractivity contribution in [3.8, 4) is 28.5 Å². The molecular weight excluding hydrogens is 446 g/mol. The third kappa shape index (κ3) is 4.37. The Bertz CT molecular complexity index is 1380. The first-order valence-electron chi connectivity index (χ1n) is 11.6. The van der Waals surface area contributed by atoms with Crippen LogP contribution in [0.5, 0.6) is 17.2 Å². The summed E-state index contributed by atoms with van der Waals surface area (Å²) in [4.78, 5) is 17.8. The second-order valence-corrected chi connectivity index (χ2v) is 8.31. The Morgan fingerprint density at radius 3 is 2.46 bits per heavy atom. The zero-order valence-electron chi connectivity index (χ0n) is 20.7. The summed E-state index contributed by atoms with van der Waals surface area (Å²) in [5.41, 5.74) is 3.42. The maximum Gasteiger partial charge on any atom is 0.271 e. The fraction of sp³-hybridized carbons (Fsp3) is 0.333. The van der Waals surface area contributed by atoms with Crippen LogP contribution in [-0.4, -0.2) is 48.1 Å². The van der Waals surface area contributed by atoms with Gasteiger partial charge in [-0.1, -0.05) is 31.5 Å². The summed E-state index contributed by atoms with van der Waals surface area (Å²) >= 11 is 0. The van der Waals surface area contributed by atoms with Gasteiger partial charge in [0.2, 0.25) is 5.75 Å². The molecule has 0 saturated heterocycles. The van der Waals surface area contributed by atoms with Crippen molar-refractivity contribution in [3.05, 3.63) is 48.2 Å². The molecule has 0 radical (unpaired) electrons. The van der Waals surface area contributed by atoms with Crippen molar-refractivity contribution in [2.45, 2.75) is 39.5 Å². The fourth-order valence-corrected chi connectivity index (χ4v) is 4.48. The van der Waals surface area contributed by atoms with Crippen molar-refractivity contribution in [2.24, 2.45) is 0 Å². The molecule has 0 aliphatic heterocycles. The molecule has 1 unspecified atom stereocenters. The summed E-state index contributed by atoms with van der Waals surface area (Å²) in [6.07, 6.45) is 1.01. The van der Waals surface area contributed by atoms with E-state index in [4.69, 9.17) is 19.2 Å². The van der Waals surface area contributed by atoms with Crippen LogP contribution < -0.4 is 19.5 Å². The monoisotopic (exact) mass is 477 g/mol. The predicted molar refractivity (Wildman–Crippen MR) is 136 cm³/mol. The molecule has 0 bridgehead atoms. The van der Waals surface area contributed by atoms with Crippen molar-refractivity contribution < 1.29 is 24.1 Å². The highest BCUT2D eigenvalue weighted by Crippen LogP contribution is 2.46. The number of ether oxygens (including phenoxy) is 3. The van der Waals surface area contributed by atoms with Gasteiger partial charge in [0, 0.05) is 28.4 Å². The number of hydrogen-bond acceptors (Lipinski definition) is 6. The number of aromatic nitrogens is 2. The summed E-state index contributed by atoms with van der Waals surface area (Å²) in [6, 6.07) is 13.6. The van der Waals surface area contributed by atoms with Gasteiger partial charge in [-0.25, -0.2) is 4.98 Å². The Balaban J connectivity index is 2.14. The van der Waals surface area contributed by atoms with E-state index in [9.17, 15) is 9.90 Å². The van der Waals surface area contributed by atoms with Crippen LogP contribution in [0.25, 0.3) is 33.1 Å². The number of amides is 1. The third-order valence-electron chi connectivity index (χ3n) is 6.01. The van der Waals surface area contributed by atoms with Gasteiger partial charge >= 0.3 is 0 Å². The molecular formula is C27H31N3O5. The minimum absolute atomic E-state index is 0.198. The first-order chi connectivity index (χ1) is 16.9. The number of para-hydroxylation sites is 1. The van der Waals surface area contributed by atoms with Crippen LogP contribution >= 0.6 is 0 Å². The SMILES string of the molecule is CCCCn1c2ccccc2c2cc(C(=O)NC(C)O)nc(-c3ccc(OC)c(OC)c3OC)c21. The normalized spacial score (nSPS) is 12.1. The number of hydrogen-bond donors (Lipinski definition) is 2. The highest BCUT2D eigenvalue weighted by molar-refractivity contribution is 6.14. The highest BCUT2D eigenvalue weighted by atomic mass is 16.5. The molecule has 35 heavy (non-hydrogen) atoms. The van der Waals surface area contributed by atoms with E-state index in [-0.39, 0.29) is 5.69 Å². The van der Waals surface area contributed by atoms with E-state index >= 15 is 0 Å². The van der Waals surface area contributed by atoms with E-state index in [0.717, 1.165) is 41.2 Å². The summed E-state index contributed by atoms with van der Waals surface area (Å²) < 4.78 is 19.1. The third-order valence-corrected chi connectivity index (χ3v) is 6.01. The first-order valence-corrected chi connectivity index (χ1v) is 11.6. The predicted octanol–water partition coefficient (Wildman–Crippen LogP) is 4.75.